The van der Waals surface area contributed by atoms with E-state index in [2.05, 4.69) is 4.98 Å². The molecule has 3 aromatic rings. The molecule has 154 valence electrons. The van der Waals surface area contributed by atoms with E-state index in [9.17, 15) is 9.59 Å². The molecule has 0 bridgehead atoms. The standard InChI is InChI=1S/C24H25N3O3/c1-17-14-21(20-8-3-4-9-22(20)25-17)24(29)27-12-10-26(11-13-27)23(28)16-18-6-5-7-19(15-18)30-2/h3-9,14-15H,10-13,16H2,1-2H3. The summed E-state index contributed by atoms with van der Waals surface area (Å²) in [6.45, 7) is 4.03. The van der Waals surface area contributed by atoms with E-state index in [4.69, 9.17) is 4.74 Å². The van der Waals surface area contributed by atoms with Crippen LogP contribution in [0.5, 0.6) is 5.75 Å². The van der Waals surface area contributed by atoms with Crippen molar-refractivity contribution in [3.05, 3.63) is 71.4 Å². The van der Waals surface area contributed by atoms with Crippen molar-refractivity contribution in [3.63, 3.8) is 0 Å². The van der Waals surface area contributed by atoms with Crippen molar-refractivity contribution in [1.29, 1.82) is 0 Å². The maximum Gasteiger partial charge on any atom is 0.254 e. The van der Waals surface area contributed by atoms with Gasteiger partial charge in [-0.3, -0.25) is 14.6 Å². The SMILES string of the molecule is COc1cccc(CC(=O)N2CCN(C(=O)c3cc(C)nc4ccccc34)CC2)c1. The lowest BCUT2D eigenvalue weighted by Crippen LogP contribution is -2.51. The number of hydrogen-bond acceptors (Lipinski definition) is 4. The van der Waals surface area contributed by atoms with Crippen molar-refractivity contribution >= 4 is 22.7 Å². The first-order valence-electron chi connectivity index (χ1n) is 10.1. The monoisotopic (exact) mass is 403 g/mol. The van der Waals surface area contributed by atoms with Gasteiger partial charge in [-0.2, -0.15) is 0 Å². The number of piperazine rings is 1. The van der Waals surface area contributed by atoms with Crippen LogP contribution < -0.4 is 4.74 Å². The molecule has 2 amide bonds. The number of para-hydroxylation sites is 1. The molecule has 0 atom stereocenters. The lowest BCUT2D eigenvalue weighted by Gasteiger charge is -2.35. The van der Waals surface area contributed by atoms with Crippen LogP contribution in [0.1, 0.15) is 21.6 Å². The number of methoxy groups -OCH3 is 1. The van der Waals surface area contributed by atoms with Gasteiger partial charge in [0.2, 0.25) is 5.91 Å². The molecular weight excluding hydrogens is 378 g/mol. The number of benzene rings is 2. The van der Waals surface area contributed by atoms with Crippen LogP contribution in [0.2, 0.25) is 0 Å². The Balaban J connectivity index is 1.42. The van der Waals surface area contributed by atoms with Gasteiger partial charge < -0.3 is 14.5 Å². The van der Waals surface area contributed by atoms with Gasteiger partial charge in [0.1, 0.15) is 5.75 Å². The summed E-state index contributed by atoms with van der Waals surface area (Å²) in [5, 5.41) is 0.865. The highest BCUT2D eigenvalue weighted by atomic mass is 16.5. The number of aromatic nitrogens is 1. The fourth-order valence-electron chi connectivity index (χ4n) is 3.88. The maximum absolute atomic E-state index is 13.2. The van der Waals surface area contributed by atoms with Crippen LogP contribution in [-0.2, 0) is 11.2 Å². The van der Waals surface area contributed by atoms with Gasteiger partial charge in [0.25, 0.3) is 5.91 Å². The summed E-state index contributed by atoms with van der Waals surface area (Å²) < 4.78 is 5.23. The van der Waals surface area contributed by atoms with Crippen LogP contribution in [0, 0.1) is 6.92 Å². The smallest absolute Gasteiger partial charge is 0.254 e. The van der Waals surface area contributed by atoms with Gasteiger partial charge in [0.05, 0.1) is 24.6 Å². The Bertz CT molecular complexity index is 1090. The van der Waals surface area contributed by atoms with Gasteiger partial charge in [-0.25, -0.2) is 0 Å². The van der Waals surface area contributed by atoms with E-state index in [1.807, 2.05) is 71.3 Å². The zero-order chi connectivity index (χ0) is 21.1. The summed E-state index contributed by atoms with van der Waals surface area (Å²) in [4.78, 5) is 34.1. The van der Waals surface area contributed by atoms with E-state index in [1.54, 1.807) is 7.11 Å². The molecule has 0 radical (unpaired) electrons. The number of pyridine rings is 1. The molecule has 0 unspecified atom stereocenters. The Labute approximate surface area is 176 Å². The molecule has 1 aromatic heterocycles. The Morgan fingerprint density at radius 3 is 2.47 bits per heavy atom. The van der Waals surface area contributed by atoms with Crippen LogP contribution in [0.3, 0.4) is 0 Å². The number of aryl methyl sites for hydroxylation is 1. The second-order valence-corrected chi connectivity index (χ2v) is 7.53. The van der Waals surface area contributed by atoms with E-state index in [-0.39, 0.29) is 11.8 Å². The average Bonchev–Trinajstić information content (AvgIpc) is 2.78. The minimum atomic E-state index is -0.00315. The number of hydrogen-bond donors (Lipinski definition) is 0. The zero-order valence-electron chi connectivity index (χ0n) is 17.3. The number of carbonyl (C=O) groups is 2. The lowest BCUT2D eigenvalue weighted by molar-refractivity contribution is -0.131. The minimum absolute atomic E-state index is 0.00315. The first-order chi connectivity index (χ1) is 14.5. The summed E-state index contributed by atoms with van der Waals surface area (Å²) in [5.41, 5.74) is 3.25. The predicted octanol–water partition coefficient (Wildman–Crippen LogP) is 3.08. The molecule has 4 rings (SSSR count). The number of amides is 2. The molecule has 6 nitrogen and oxygen atoms in total. The quantitative estimate of drug-likeness (QED) is 0.672. The Morgan fingerprint density at radius 1 is 0.967 bits per heavy atom. The highest BCUT2D eigenvalue weighted by molar-refractivity contribution is 6.06. The van der Waals surface area contributed by atoms with E-state index in [0.717, 1.165) is 27.9 Å². The molecule has 2 heterocycles. The zero-order valence-corrected chi connectivity index (χ0v) is 17.3. The molecule has 1 aliphatic heterocycles. The number of carbonyl (C=O) groups excluding carboxylic acids is 2. The van der Waals surface area contributed by atoms with Crippen LogP contribution >= 0.6 is 0 Å². The Hall–Kier alpha value is -3.41. The molecule has 1 saturated heterocycles. The molecular formula is C24H25N3O3. The minimum Gasteiger partial charge on any atom is -0.497 e. The van der Waals surface area contributed by atoms with Crippen molar-refractivity contribution in [1.82, 2.24) is 14.8 Å². The normalized spacial score (nSPS) is 14.1. The summed E-state index contributed by atoms with van der Waals surface area (Å²) in [5.74, 6) is 0.813. The van der Waals surface area contributed by atoms with Crippen LogP contribution in [0.25, 0.3) is 10.9 Å². The highest BCUT2D eigenvalue weighted by Gasteiger charge is 2.26. The highest BCUT2D eigenvalue weighted by Crippen LogP contribution is 2.21. The first-order valence-corrected chi connectivity index (χ1v) is 10.1. The van der Waals surface area contributed by atoms with Crippen molar-refractivity contribution in [2.24, 2.45) is 0 Å². The third-order valence-electron chi connectivity index (χ3n) is 5.48. The average molecular weight is 403 g/mol. The van der Waals surface area contributed by atoms with Gasteiger partial charge in [0.15, 0.2) is 0 Å². The van der Waals surface area contributed by atoms with Crippen LogP contribution in [-0.4, -0.2) is 59.9 Å². The third kappa shape index (κ3) is 4.13. The van der Waals surface area contributed by atoms with Crippen molar-refractivity contribution in [2.45, 2.75) is 13.3 Å². The predicted molar refractivity (Wildman–Crippen MR) is 116 cm³/mol. The van der Waals surface area contributed by atoms with Crippen LogP contribution in [0.15, 0.2) is 54.6 Å². The van der Waals surface area contributed by atoms with E-state index < -0.39 is 0 Å². The number of fused-ring (bicyclic) bond motifs is 1. The van der Waals surface area contributed by atoms with Crippen molar-refractivity contribution < 1.29 is 14.3 Å². The lowest BCUT2D eigenvalue weighted by atomic mass is 10.1. The van der Waals surface area contributed by atoms with Crippen molar-refractivity contribution in [3.8, 4) is 5.75 Å². The molecule has 0 spiro atoms. The molecule has 0 aliphatic carbocycles. The summed E-state index contributed by atoms with van der Waals surface area (Å²) >= 11 is 0. The largest absolute Gasteiger partial charge is 0.497 e. The Kier molecular flexibility index (Phi) is 5.65. The van der Waals surface area contributed by atoms with E-state index in [1.165, 1.54) is 0 Å². The third-order valence-corrected chi connectivity index (χ3v) is 5.48. The number of ether oxygens (including phenoxy) is 1. The molecule has 0 saturated carbocycles. The van der Waals surface area contributed by atoms with Gasteiger partial charge in [0, 0.05) is 37.3 Å². The maximum atomic E-state index is 13.2. The molecule has 0 N–H and O–H groups in total. The summed E-state index contributed by atoms with van der Waals surface area (Å²) in [7, 11) is 1.62. The second-order valence-electron chi connectivity index (χ2n) is 7.53. The van der Waals surface area contributed by atoms with Gasteiger partial charge in [-0.15, -0.1) is 0 Å². The van der Waals surface area contributed by atoms with Gasteiger partial charge in [-0.1, -0.05) is 30.3 Å². The summed E-state index contributed by atoms with van der Waals surface area (Å²) in [6, 6.07) is 17.1. The van der Waals surface area contributed by atoms with E-state index in [0.29, 0.717) is 38.2 Å². The summed E-state index contributed by atoms with van der Waals surface area (Å²) in [6.07, 6.45) is 0.333. The Morgan fingerprint density at radius 2 is 1.70 bits per heavy atom. The molecule has 1 fully saturated rings. The van der Waals surface area contributed by atoms with E-state index >= 15 is 0 Å². The fourth-order valence-corrected chi connectivity index (χ4v) is 3.88. The molecule has 30 heavy (non-hydrogen) atoms. The number of rotatable bonds is 4. The fraction of sp³-hybridized carbons (Fsp3) is 0.292. The molecule has 6 heteroatoms. The molecule has 1 aliphatic rings. The topological polar surface area (TPSA) is 62.7 Å². The van der Waals surface area contributed by atoms with Crippen molar-refractivity contribution in [2.75, 3.05) is 33.3 Å². The number of nitrogens with zero attached hydrogens (tertiary/aromatic N) is 3. The van der Waals surface area contributed by atoms with Gasteiger partial charge in [-0.05, 0) is 36.8 Å². The second kappa shape index (κ2) is 8.53. The van der Waals surface area contributed by atoms with Gasteiger partial charge >= 0.3 is 0 Å². The molecule has 2 aromatic carbocycles. The first kappa shape index (κ1) is 19.9. The van der Waals surface area contributed by atoms with Crippen LogP contribution in [0.4, 0.5) is 0 Å².